The van der Waals surface area contributed by atoms with E-state index in [0.29, 0.717) is 6.04 Å². The summed E-state index contributed by atoms with van der Waals surface area (Å²) < 4.78 is 33.6. The van der Waals surface area contributed by atoms with Crippen molar-refractivity contribution in [2.24, 2.45) is 7.05 Å². The number of alkyl halides is 3. The van der Waals surface area contributed by atoms with Crippen LogP contribution in [0.3, 0.4) is 0 Å². The zero-order valence-corrected chi connectivity index (χ0v) is 19.5. The molecule has 0 saturated carbocycles. The van der Waals surface area contributed by atoms with Gasteiger partial charge in [-0.25, -0.2) is 4.79 Å². The fourth-order valence-electron chi connectivity index (χ4n) is 4.23. The number of nitrogens with one attached hydrogen (secondary N) is 2. The van der Waals surface area contributed by atoms with Gasteiger partial charge in [-0.2, -0.15) is 18.3 Å². The van der Waals surface area contributed by atoms with E-state index in [-0.39, 0.29) is 0 Å². The molecule has 0 spiro atoms. The molecule has 3 heterocycles. The van der Waals surface area contributed by atoms with Crippen molar-refractivity contribution in [2.45, 2.75) is 38.0 Å². The third kappa shape index (κ3) is 5.83. The van der Waals surface area contributed by atoms with Gasteiger partial charge in [0.1, 0.15) is 0 Å². The van der Waals surface area contributed by atoms with Crippen molar-refractivity contribution in [2.75, 3.05) is 0 Å². The molecule has 5 rings (SSSR count). The summed E-state index contributed by atoms with van der Waals surface area (Å²) >= 11 is 6.23. The Morgan fingerprint density at radius 3 is 2.80 bits per heavy atom. The van der Waals surface area contributed by atoms with E-state index in [9.17, 15) is 13.2 Å². The van der Waals surface area contributed by atoms with E-state index in [0.717, 1.165) is 42.1 Å². The van der Waals surface area contributed by atoms with E-state index in [2.05, 4.69) is 44.8 Å². The number of rotatable bonds is 4. The SMILES string of the molecule is Cn1cc(CNC2CCc3[nH]c4ccc(Cl)cc4c3C2)c(-c2cccnc2)n1.O=C(O)C(F)(F)F. The second-order valence-corrected chi connectivity index (χ2v) is 8.75. The molecule has 0 radical (unpaired) electrons. The molecule has 184 valence electrons. The molecule has 1 atom stereocenters. The van der Waals surface area contributed by atoms with Gasteiger partial charge in [0, 0.05) is 71.0 Å². The van der Waals surface area contributed by atoms with E-state index in [1.54, 1.807) is 6.20 Å². The van der Waals surface area contributed by atoms with Crippen molar-refractivity contribution >= 4 is 28.5 Å². The quantitative estimate of drug-likeness (QED) is 0.367. The minimum Gasteiger partial charge on any atom is -0.475 e. The summed E-state index contributed by atoms with van der Waals surface area (Å²) in [5.41, 5.74) is 7.19. The zero-order valence-electron chi connectivity index (χ0n) is 18.7. The van der Waals surface area contributed by atoms with Gasteiger partial charge in [-0.05, 0) is 55.2 Å². The number of carboxylic acid groups (broad SMARTS) is 1. The van der Waals surface area contributed by atoms with Crippen molar-refractivity contribution in [3.8, 4) is 11.3 Å². The third-order valence-corrected chi connectivity index (χ3v) is 6.05. The predicted molar refractivity (Wildman–Crippen MR) is 126 cm³/mol. The Kier molecular flexibility index (Phi) is 7.13. The average molecular weight is 506 g/mol. The van der Waals surface area contributed by atoms with Crippen LogP contribution < -0.4 is 5.32 Å². The van der Waals surface area contributed by atoms with E-state index in [1.807, 2.05) is 30.1 Å². The molecule has 3 aromatic heterocycles. The lowest BCUT2D eigenvalue weighted by Crippen LogP contribution is -2.34. The summed E-state index contributed by atoms with van der Waals surface area (Å²) in [4.78, 5) is 16.7. The third-order valence-electron chi connectivity index (χ3n) is 5.81. The van der Waals surface area contributed by atoms with Gasteiger partial charge in [0.2, 0.25) is 0 Å². The number of hydrogen-bond donors (Lipinski definition) is 3. The lowest BCUT2D eigenvalue weighted by Gasteiger charge is -2.23. The second kappa shape index (κ2) is 10.1. The molecule has 1 unspecified atom stereocenters. The maximum absolute atomic E-state index is 10.6. The second-order valence-electron chi connectivity index (χ2n) is 8.31. The summed E-state index contributed by atoms with van der Waals surface area (Å²) in [6.07, 6.45) is 3.86. The molecule has 3 N–H and O–H groups in total. The molecule has 7 nitrogen and oxygen atoms in total. The Hall–Kier alpha value is -3.37. The average Bonchev–Trinajstić information content (AvgIpc) is 3.37. The van der Waals surface area contributed by atoms with E-state index in [4.69, 9.17) is 21.5 Å². The highest BCUT2D eigenvalue weighted by atomic mass is 35.5. The van der Waals surface area contributed by atoms with Gasteiger partial charge in [-0.15, -0.1) is 0 Å². The Morgan fingerprint density at radius 2 is 2.11 bits per heavy atom. The minimum absolute atomic E-state index is 0.437. The van der Waals surface area contributed by atoms with Crippen LogP contribution in [0.25, 0.3) is 22.2 Å². The fraction of sp³-hybridized carbons (Fsp3) is 0.292. The molecule has 0 aliphatic heterocycles. The number of aromatic amines is 1. The highest BCUT2D eigenvalue weighted by molar-refractivity contribution is 6.31. The minimum atomic E-state index is -5.08. The van der Waals surface area contributed by atoms with Crippen LogP contribution in [-0.4, -0.2) is 43.0 Å². The van der Waals surface area contributed by atoms with E-state index >= 15 is 0 Å². The van der Waals surface area contributed by atoms with Crippen molar-refractivity contribution in [3.63, 3.8) is 0 Å². The molecule has 1 aliphatic rings. The van der Waals surface area contributed by atoms with Crippen molar-refractivity contribution < 1.29 is 23.1 Å². The molecule has 11 heteroatoms. The summed E-state index contributed by atoms with van der Waals surface area (Å²) in [5.74, 6) is -2.76. The van der Waals surface area contributed by atoms with Crippen LogP contribution in [0.15, 0.2) is 48.9 Å². The molecular formula is C24H23ClF3N5O2. The number of carboxylic acids is 1. The maximum atomic E-state index is 10.6. The normalized spacial score (nSPS) is 15.4. The van der Waals surface area contributed by atoms with Crippen LogP contribution in [0.4, 0.5) is 13.2 Å². The van der Waals surface area contributed by atoms with E-state index in [1.165, 1.54) is 27.7 Å². The zero-order chi connectivity index (χ0) is 25.2. The molecular weight excluding hydrogens is 483 g/mol. The number of carbonyl (C=O) groups is 1. The number of aliphatic carboxylic acids is 1. The number of H-pyrrole nitrogens is 1. The Morgan fingerprint density at radius 1 is 1.34 bits per heavy atom. The van der Waals surface area contributed by atoms with Crippen molar-refractivity contribution in [1.82, 2.24) is 25.1 Å². The molecule has 35 heavy (non-hydrogen) atoms. The Labute approximate surface area is 203 Å². The largest absolute Gasteiger partial charge is 0.490 e. The highest BCUT2D eigenvalue weighted by Crippen LogP contribution is 2.31. The lowest BCUT2D eigenvalue weighted by atomic mass is 9.91. The van der Waals surface area contributed by atoms with Gasteiger partial charge >= 0.3 is 12.1 Å². The topological polar surface area (TPSA) is 95.8 Å². The van der Waals surface area contributed by atoms with Crippen LogP contribution in [0.2, 0.25) is 5.02 Å². The Balaban J connectivity index is 0.000000364. The number of fused-ring (bicyclic) bond motifs is 3. The monoisotopic (exact) mass is 505 g/mol. The van der Waals surface area contributed by atoms with Gasteiger partial charge < -0.3 is 15.4 Å². The van der Waals surface area contributed by atoms with E-state index < -0.39 is 12.1 Å². The van der Waals surface area contributed by atoms with Crippen molar-refractivity contribution in [3.05, 3.63) is 70.8 Å². The summed E-state index contributed by atoms with van der Waals surface area (Å²) in [6, 6.07) is 10.6. The fourth-order valence-corrected chi connectivity index (χ4v) is 4.40. The van der Waals surface area contributed by atoms with Crippen LogP contribution in [-0.2, 0) is 31.2 Å². The number of aromatic nitrogens is 4. The van der Waals surface area contributed by atoms with Crippen LogP contribution in [0.1, 0.15) is 23.2 Å². The van der Waals surface area contributed by atoms with Gasteiger partial charge in [-0.1, -0.05) is 11.6 Å². The number of aryl methyl sites for hydroxylation is 2. The van der Waals surface area contributed by atoms with Gasteiger partial charge in [0.25, 0.3) is 0 Å². The molecule has 4 aromatic rings. The molecule has 0 bridgehead atoms. The number of benzene rings is 1. The molecule has 0 amide bonds. The molecule has 0 saturated heterocycles. The highest BCUT2D eigenvalue weighted by Gasteiger charge is 2.38. The summed E-state index contributed by atoms with van der Waals surface area (Å²) in [6.45, 7) is 0.793. The van der Waals surface area contributed by atoms with Gasteiger partial charge in [0.15, 0.2) is 0 Å². The first-order valence-electron chi connectivity index (χ1n) is 10.9. The number of hydrogen-bond acceptors (Lipinski definition) is 4. The standard InChI is InChI=1S/C22H22ClN5.C2HF3O2/c1-28-13-15(22(27-28)14-3-2-8-24-11-14)12-25-17-5-7-21-19(10-17)18-9-16(23)4-6-20(18)26-21;3-2(4,5)1(6)7/h2-4,6,8-9,11,13,17,25-26H,5,7,10,12H2,1H3;(H,6,7). The first-order chi connectivity index (χ1) is 16.6. The van der Waals surface area contributed by atoms with Crippen LogP contribution in [0, 0.1) is 0 Å². The first-order valence-corrected chi connectivity index (χ1v) is 11.2. The van der Waals surface area contributed by atoms with Gasteiger partial charge in [0.05, 0.1) is 5.69 Å². The molecule has 1 aliphatic carbocycles. The summed E-state index contributed by atoms with van der Waals surface area (Å²) in [7, 11) is 1.96. The molecule has 1 aromatic carbocycles. The van der Waals surface area contributed by atoms with Crippen LogP contribution >= 0.6 is 11.6 Å². The number of pyridine rings is 1. The predicted octanol–water partition coefficient (Wildman–Crippen LogP) is 4.90. The van der Waals surface area contributed by atoms with Crippen LogP contribution in [0.5, 0.6) is 0 Å². The lowest BCUT2D eigenvalue weighted by molar-refractivity contribution is -0.192. The number of nitrogens with zero attached hydrogens (tertiary/aromatic N) is 3. The van der Waals surface area contributed by atoms with Crippen molar-refractivity contribution in [1.29, 1.82) is 0 Å². The number of halogens is 4. The summed E-state index contributed by atoms with van der Waals surface area (Å²) in [5, 5.41) is 17.6. The van der Waals surface area contributed by atoms with Gasteiger partial charge in [-0.3, -0.25) is 9.67 Å². The first kappa shape index (κ1) is 24.7. The Bertz CT molecular complexity index is 1330. The smallest absolute Gasteiger partial charge is 0.475 e. The maximum Gasteiger partial charge on any atom is 0.490 e. The molecule has 0 fully saturated rings.